The van der Waals surface area contributed by atoms with Gasteiger partial charge in [0.1, 0.15) is 11.6 Å². The zero-order valence-electron chi connectivity index (χ0n) is 9.91. The lowest BCUT2D eigenvalue weighted by molar-refractivity contribution is 0.411. The van der Waals surface area contributed by atoms with Crippen molar-refractivity contribution in [1.82, 2.24) is 0 Å². The first-order chi connectivity index (χ1) is 9.36. The van der Waals surface area contributed by atoms with Crippen molar-refractivity contribution < 1.29 is 9.13 Å². The molecule has 0 heterocycles. The summed E-state index contributed by atoms with van der Waals surface area (Å²) in [6.45, 7) is 0. The highest BCUT2D eigenvalue weighted by Gasteiger charge is 2.21. The molecular formula is C13H6Cl5FO. The van der Waals surface area contributed by atoms with Crippen molar-refractivity contribution in [3.05, 3.63) is 49.1 Å². The average molecular weight is 374 g/mol. The van der Waals surface area contributed by atoms with Crippen LogP contribution < -0.4 is 4.74 Å². The Bertz CT molecular complexity index is 658. The van der Waals surface area contributed by atoms with E-state index in [-0.39, 0.29) is 25.1 Å². The third-order valence-corrected chi connectivity index (χ3v) is 4.88. The number of rotatable bonds is 2. The van der Waals surface area contributed by atoms with Gasteiger partial charge in [0.05, 0.1) is 32.2 Å². The first kappa shape index (κ1) is 16.0. The van der Waals surface area contributed by atoms with E-state index in [4.69, 9.17) is 62.7 Å². The van der Waals surface area contributed by atoms with Crippen LogP contribution in [0.25, 0.3) is 11.1 Å². The Balaban J connectivity index is 2.79. The molecule has 0 spiro atoms. The summed E-state index contributed by atoms with van der Waals surface area (Å²) in [4.78, 5) is 0. The molecule has 0 amide bonds. The van der Waals surface area contributed by atoms with Gasteiger partial charge < -0.3 is 4.74 Å². The Kier molecular flexibility index (Phi) is 4.93. The van der Waals surface area contributed by atoms with Gasteiger partial charge >= 0.3 is 0 Å². The number of methoxy groups -OCH3 is 1. The van der Waals surface area contributed by atoms with E-state index in [1.54, 1.807) is 6.07 Å². The van der Waals surface area contributed by atoms with Gasteiger partial charge in [-0.1, -0.05) is 58.0 Å². The molecule has 1 nitrogen and oxygen atoms in total. The van der Waals surface area contributed by atoms with Crippen molar-refractivity contribution in [2.75, 3.05) is 7.11 Å². The van der Waals surface area contributed by atoms with Crippen LogP contribution >= 0.6 is 58.0 Å². The van der Waals surface area contributed by atoms with Crippen LogP contribution in [0.3, 0.4) is 0 Å². The smallest absolute Gasteiger partial charge is 0.127 e. The second kappa shape index (κ2) is 6.17. The molecule has 0 aliphatic carbocycles. The fourth-order valence-electron chi connectivity index (χ4n) is 1.68. The van der Waals surface area contributed by atoms with Crippen molar-refractivity contribution in [3.63, 3.8) is 0 Å². The van der Waals surface area contributed by atoms with Crippen LogP contribution in [0.15, 0.2) is 18.2 Å². The van der Waals surface area contributed by atoms with Gasteiger partial charge in [0.25, 0.3) is 0 Å². The second-order valence-electron chi connectivity index (χ2n) is 3.82. The minimum absolute atomic E-state index is 0.0513. The summed E-state index contributed by atoms with van der Waals surface area (Å²) < 4.78 is 18.6. The topological polar surface area (TPSA) is 9.23 Å². The molecule has 7 heteroatoms. The van der Waals surface area contributed by atoms with E-state index < -0.39 is 5.82 Å². The quantitative estimate of drug-likeness (QED) is 0.416. The van der Waals surface area contributed by atoms with Crippen LogP contribution in [0.5, 0.6) is 5.75 Å². The summed E-state index contributed by atoms with van der Waals surface area (Å²) in [6, 6.07) is 4.04. The van der Waals surface area contributed by atoms with E-state index in [0.29, 0.717) is 16.9 Å². The Morgan fingerprint density at radius 2 is 1.30 bits per heavy atom. The SMILES string of the molecule is COc1cc(F)cc(-c2c(Cl)c(Cl)c(Cl)c(Cl)c2Cl)c1. The highest BCUT2D eigenvalue weighted by Crippen LogP contribution is 2.48. The molecule has 0 aromatic heterocycles. The highest BCUT2D eigenvalue weighted by molar-refractivity contribution is 6.56. The predicted molar refractivity (Wildman–Crippen MR) is 83.4 cm³/mol. The molecule has 0 saturated heterocycles. The lowest BCUT2D eigenvalue weighted by Gasteiger charge is -2.13. The van der Waals surface area contributed by atoms with Gasteiger partial charge in [-0.25, -0.2) is 4.39 Å². The average Bonchev–Trinajstić information content (AvgIpc) is 2.42. The highest BCUT2D eigenvalue weighted by atomic mass is 35.5. The molecule has 0 N–H and O–H groups in total. The molecule has 0 aliphatic rings. The van der Waals surface area contributed by atoms with Gasteiger partial charge in [0.2, 0.25) is 0 Å². The summed E-state index contributed by atoms with van der Waals surface area (Å²) in [5, 5.41) is 0.356. The molecule has 0 saturated carbocycles. The van der Waals surface area contributed by atoms with Gasteiger partial charge in [-0.15, -0.1) is 0 Å². The van der Waals surface area contributed by atoms with E-state index in [1.165, 1.54) is 19.2 Å². The van der Waals surface area contributed by atoms with Crippen LogP contribution in [0.1, 0.15) is 0 Å². The predicted octanol–water partition coefficient (Wildman–Crippen LogP) is 6.77. The Hall–Kier alpha value is -0.380. The molecule has 20 heavy (non-hydrogen) atoms. The van der Waals surface area contributed by atoms with E-state index >= 15 is 0 Å². The molecule has 0 fully saturated rings. The van der Waals surface area contributed by atoms with Crippen LogP contribution in [0, 0.1) is 5.82 Å². The fourth-order valence-corrected chi connectivity index (χ4v) is 3.04. The van der Waals surface area contributed by atoms with E-state index in [2.05, 4.69) is 0 Å². The maximum absolute atomic E-state index is 13.6. The van der Waals surface area contributed by atoms with Crippen LogP contribution in [0.2, 0.25) is 25.1 Å². The maximum Gasteiger partial charge on any atom is 0.127 e. The van der Waals surface area contributed by atoms with Crippen LogP contribution in [-0.2, 0) is 0 Å². The van der Waals surface area contributed by atoms with Gasteiger partial charge in [0.15, 0.2) is 0 Å². The normalized spacial score (nSPS) is 10.8. The maximum atomic E-state index is 13.6. The fraction of sp³-hybridized carbons (Fsp3) is 0.0769. The third-order valence-electron chi connectivity index (χ3n) is 2.61. The first-order valence-corrected chi connectivity index (χ1v) is 7.12. The number of hydrogen-bond acceptors (Lipinski definition) is 1. The minimum Gasteiger partial charge on any atom is -0.497 e. The number of ether oxygens (including phenoxy) is 1. The molecule has 0 radical (unpaired) electrons. The minimum atomic E-state index is -0.506. The summed E-state index contributed by atoms with van der Waals surface area (Å²) in [5.74, 6) is -0.192. The number of halogens is 6. The van der Waals surface area contributed by atoms with Gasteiger partial charge in [-0.05, 0) is 17.7 Å². The molecule has 0 atom stereocenters. The molecule has 0 aliphatic heterocycles. The van der Waals surface area contributed by atoms with Gasteiger partial charge in [0, 0.05) is 11.6 Å². The van der Waals surface area contributed by atoms with Gasteiger partial charge in [-0.3, -0.25) is 0 Å². The third kappa shape index (κ3) is 2.81. The second-order valence-corrected chi connectivity index (χ2v) is 5.71. The lowest BCUT2D eigenvalue weighted by atomic mass is 10.0. The van der Waals surface area contributed by atoms with E-state index in [9.17, 15) is 4.39 Å². The monoisotopic (exact) mass is 372 g/mol. The molecule has 2 aromatic rings. The zero-order chi connectivity index (χ0) is 15.0. The molecule has 0 bridgehead atoms. The Morgan fingerprint density at radius 3 is 1.80 bits per heavy atom. The summed E-state index contributed by atoms with van der Waals surface area (Å²) in [5.41, 5.74) is 0.683. The number of benzene rings is 2. The van der Waals surface area contributed by atoms with E-state index in [0.717, 1.165) is 0 Å². The first-order valence-electron chi connectivity index (χ1n) is 5.23. The van der Waals surface area contributed by atoms with Crippen molar-refractivity contribution in [2.45, 2.75) is 0 Å². The largest absolute Gasteiger partial charge is 0.497 e. The Labute approximate surface area is 140 Å². The molecule has 2 aromatic carbocycles. The van der Waals surface area contributed by atoms with Crippen LogP contribution in [0.4, 0.5) is 4.39 Å². The molecule has 106 valence electrons. The van der Waals surface area contributed by atoms with Crippen molar-refractivity contribution in [1.29, 1.82) is 0 Å². The van der Waals surface area contributed by atoms with Crippen molar-refractivity contribution in [3.8, 4) is 16.9 Å². The van der Waals surface area contributed by atoms with Crippen LogP contribution in [-0.4, -0.2) is 7.11 Å². The lowest BCUT2D eigenvalue weighted by Crippen LogP contribution is -1.90. The Morgan fingerprint density at radius 1 is 0.800 bits per heavy atom. The molecule has 2 rings (SSSR count). The standard InChI is InChI=1S/C13H6Cl5FO/c1-20-7-3-5(2-6(19)4-7)8-9(14)11(16)13(18)12(17)10(8)15/h2-4H,1H3. The summed E-state index contributed by atoms with van der Waals surface area (Å²) in [6.07, 6.45) is 0. The summed E-state index contributed by atoms with van der Waals surface area (Å²) in [7, 11) is 1.42. The number of hydrogen-bond donors (Lipinski definition) is 0. The zero-order valence-corrected chi connectivity index (χ0v) is 13.7. The van der Waals surface area contributed by atoms with Crippen molar-refractivity contribution in [2.24, 2.45) is 0 Å². The van der Waals surface area contributed by atoms with Crippen molar-refractivity contribution >= 4 is 58.0 Å². The summed E-state index contributed by atoms with van der Waals surface area (Å²) >= 11 is 30.2. The van der Waals surface area contributed by atoms with E-state index in [1.807, 2.05) is 0 Å². The molecule has 0 unspecified atom stereocenters. The molecular weight excluding hydrogens is 368 g/mol. The van der Waals surface area contributed by atoms with Gasteiger partial charge in [-0.2, -0.15) is 0 Å².